The fraction of sp³-hybridized carbons (Fsp3) is 0.455. The largest absolute Gasteiger partial charge is 0.491 e. The summed E-state index contributed by atoms with van der Waals surface area (Å²) < 4.78 is 18.5. The molecule has 1 aromatic rings. The highest BCUT2D eigenvalue weighted by molar-refractivity contribution is 5.30. The predicted octanol–water partition coefficient (Wildman–Crippen LogP) is 2.32. The second kappa shape index (κ2) is 4.96. The highest BCUT2D eigenvalue weighted by Gasteiger charge is 2.07. The molecule has 0 aliphatic rings. The molecule has 0 fully saturated rings. The van der Waals surface area contributed by atoms with Crippen molar-refractivity contribution in [3.05, 3.63) is 29.6 Å². The standard InChI is InChI=1S/C11H15FO2/c1-8(2)10-4-3-9(7-11(10)12)14-6-5-13/h3-4,7-8,13H,5-6H2,1-2H3. The molecule has 3 heteroatoms. The average molecular weight is 198 g/mol. The van der Waals surface area contributed by atoms with Gasteiger partial charge < -0.3 is 9.84 Å². The monoisotopic (exact) mass is 198 g/mol. The molecular weight excluding hydrogens is 183 g/mol. The van der Waals surface area contributed by atoms with Crippen LogP contribution < -0.4 is 4.74 Å². The molecule has 0 heterocycles. The Morgan fingerprint density at radius 1 is 1.43 bits per heavy atom. The van der Waals surface area contributed by atoms with E-state index in [1.54, 1.807) is 12.1 Å². The van der Waals surface area contributed by atoms with E-state index in [1.807, 2.05) is 13.8 Å². The Kier molecular flexibility index (Phi) is 3.89. The zero-order chi connectivity index (χ0) is 10.6. The Labute approximate surface area is 83.3 Å². The highest BCUT2D eigenvalue weighted by Crippen LogP contribution is 2.22. The quantitative estimate of drug-likeness (QED) is 0.804. The maximum atomic E-state index is 13.4. The fourth-order valence-corrected chi connectivity index (χ4v) is 1.23. The molecule has 0 saturated heterocycles. The van der Waals surface area contributed by atoms with Gasteiger partial charge in [-0.05, 0) is 17.5 Å². The average Bonchev–Trinajstić information content (AvgIpc) is 2.14. The van der Waals surface area contributed by atoms with Crippen LogP contribution in [0.2, 0.25) is 0 Å². The van der Waals surface area contributed by atoms with Crippen molar-refractivity contribution in [1.82, 2.24) is 0 Å². The Bertz CT molecular complexity index is 297. The molecule has 0 aliphatic carbocycles. The summed E-state index contributed by atoms with van der Waals surface area (Å²) in [6.45, 7) is 4.01. The zero-order valence-corrected chi connectivity index (χ0v) is 8.46. The van der Waals surface area contributed by atoms with Gasteiger partial charge in [0.1, 0.15) is 18.2 Å². The second-order valence-electron chi connectivity index (χ2n) is 3.41. The number of ether oxygens (including phenoxy) is 1. The summed E-state index contributed by atoms with van der Waals surface area (Å²) in [7, 11) is 0. The van der Waals surface area contributed by atoms with Crippen LogP contribution >= 0.6 is 0 Å². The first kappa shape index (κ1) is 11.0. The third kappa shape index (κ3) is 2.70. The van der Waals surface area contributed by atoms with E-state index in [0.29, 0.717) is 11.3 Å². The van der Waals surface area contributed by atoms with Crippen LogP contribution in [0.15, 0.2) is 18.2 Å². The number of benzene rings is 1. The van der Waals surface area contributed by atoms with Gasteiger partial charge in [0.2, 0.25) is 0 Å². The summed E-state index contributed by atoms with van der Waals surface area (Å²) in [5.41, 5.74) is 0.682. The van der Waals surface area contributed by atoms with E-state index in [-0.39, 0.29) is 24.9 Å². The zero-order valence-electron chi connectivity index (χ0n) is 8.46. The molecule has 0 atom stereocenters. The molecule has 1 rings (SSSR count). The number of aliphatic hydroxyl groups excluding tert-OH is 1. The van der Waals surface area contributed by atoms with Crippen LogP contribution in [0.4, 0.5) is 4.39 Å². The van der Waals surface area contributed by atoms with Crippen LogP contribution in [-0.4, -0.2) is 18.3 Å². The first-order valence-electron chi connectivity index (χ1n) is 4.68. The Morgan fingerprint density at radius 3 is 2.64 bits per heavy atom. The van der Waals surface area contributed by atoms with Gasteiger partial charge >= 0.3 is 0 Å². The van der Waals surface area contributed by atoms with E-state index in [1.165, 1.54) is 6.07 Å². The van der Waals surface area contributed by atoms with E-state index in [4.69, 9.17) is 9.84 Å². The van der Waals surface area contributed by atoms with E-state index < -0.39 is 0 Å². The van der Waals surface area contributed by atoms with Crippen molar-refractivity contribution >= 4 is 0 Å². The van der Waals surface area contributed by atoms with Crippen molar-refractivity contribution in [3.8, 4) is 5.75 Å². The lowest BCUT2D eigenvalue weighted by atomic mass is 10.0. The third-order valence-electron chi connectivity index (χ3n) is 1.95. The molecule has 0 unspecified atom stereocenters. The topological polar surface area (TPSA) is 29.5 Å². The van der Waals surface area contributed by atoms with Crippen molar-refractivity contribution in [1.29, 1.82) is 0 Å². The molecule has 1 aromatic carbocycles. The van der Waals surface area contributed by atoms with Gasteiger partial charge in [0.25, 0.3) is 0 Å². The summed E-state index contributed by atoms with van der Waals surface area (Å²) in [5, 5.41) is 8.52. The molecule has 0 aliphatic heterocycles. The molecule has 0 bridgehead atoms. The lowest BCUT2D eigenvalue weighted by Gasteiger charge is -2.09. The SMILES string of the molecule is CC(C)c1ccc(OCCO)cc1F. The van der Waals surface area contributed by atoms with E-state index >= 15 is 0 Å². The van der Waals surface area contributed by atoms with E-state index in [0.717, 1.165) is 0 Å². The van der Waals surface area contributed by atoms with Gasteiger partial charge in [-0.25, -0.2) is 4.39 Å². The van der Waals surface area contributed by atoms with Gasteiger partial charge in [-0.3, -0.25) is 0 Å². The van der Waals surface area contributed by atoms with Crippen molar-refractivity contribution in [2.24, 2.45) is 0 Å². The van der Waals surface area contributed by atoms with Crippen LogP contribution in [0, 0.1) is 5.82 Å². The van der Waals surface area contributed by atoms with E-state index in [2.05, 4.69) is 0 Å². The van der Waals surface area contributed by atoms with Crippen LogP contribution in [0.25, 0.3) is 0 Å². The maximum Gasteiger partial charge on any atom is 0.130 e. The smallest absolute Gasteiger partial charge is 0.130 e. The summed E-state index contributed by atoms with van der Waals surface area (Å²) in [5.74, 6) is 0.373. The van der Waals surface area contributed by atoms with Crippen LogP contribution in [0.5, 0.6) is 5.75 Å². The van der Waals surface area contributed by atoms with Gasteiger partial charge in [-0.1, -0.05) is 19.9 Å². The molecule has 2 nitrogen and oxygen atoms in total. The summed E-state index contributed by atoms with van der Waals surface area (Å²) in [6, 6.07) is 4.78. The first-order valence-corrected chi connectivity index (χ1v) is 4.68. The Hall–Kier alpha value is -1.09. The minimum Gasteiger partial charge on any atom is -0.491 e. The molecule has 78 valence electrons. The normalized spacial score (nSPS) is 10.6. The second-order valence-corrected chi connectivity index (χ2v) is 3.41. The number of hydrogen-bond acceptors (Lipinski definition) is 2. The first-order chi connectivity index (χ1) is 6.65. The van der Waals surface area contributed by atoms with Gasteiger partial charge in [-0.2, -0.15) is 0 Å². The van der Waals surface area contributed by atoms with E-state index in [9.17, 15) is 4.39 Å². The number of hydrogen-bond donors (Lipinski definition) is 1. The number of aliphatic hydroxyl groups is 1. The highest BCUT2D eigenvalue weighted by atomic mass is 19.1. The van der Waals surface area contributed by atoms with Crippen LogP contribution in [-0.2, 0) is 0 Å². The molecule has 14 heavy (non-hydrogen) atoms. The maximum absolute atomic E-state index is 13.4. The van der Waals surface area contributed by atoms with Gasteiger partial charge in [0, 0.05) is 6.07 Å². The number of halogens is 1. The lowest BCUT2D eigenvalue weighted by molar-refractivity contribution is 0.201. The predicted molar refractivity (Wildman–Crippen MR) is 53.1 cm³/mol. The van der Waals surface area contributed by atoms with Gasteiger partial charge in [0.15, 0.2) is 0 Å². The number of rotatable bonds is 4. The van der Waals surface area contributed by atoms with Crippen molar-refractivity contribution < 1.29 is 14.2 Å². The fourth-order valence-electron chi connectivity index (χ4n) is 1.23. The van der Waals surface area contributed by atoms with Gasteiger partial charge in [0.05, 0.1) is 6.61 Å². The Balaban J connectivity index is 2.78. The van der Waals surface area contributed by atoms with Crippen molar-refractivity contribution in [3.63, 3.8) is 0 Å². The summed E-state index contributed by atoms with van der Waals surface area (Å²) in [4.78, 5) is 0. The molecule has 0 amide bonds. The minimum atomic E-state index is -0.254. The van der Waals surface area contributed by atoms with Crippen LogP contribution in [0.1, 0.15) is 25.3 Å². The lowest BCUT2D eigenvalue weighted by Crippen LogP contribution is -2.02. The molecular formula is C11H15FO2. The molecule has 0 aromatic heterocycles. The molecule has 0 spiro atoms. The minimum absolute atomic E-state index is 0.0620. The molecule has 0 saturated carbocycles. The summed E-state index contributed by atoms with van der Waals surface area (Å²) in [6.07, 6.45) is 0. The van der Waals surface area contributed by atoms with Crippen molar-refractivity contribution in [2.45, 2.75) is 19.8 Å². The summed E-state index contributed by atoms with van der Waals surface area (Å²) >= 11 is 0. The van der Waals surface area contributed by atoms with Crippen molar-refractivity contribution in [2.75, 3.05) is 13.2 Å². The molecule has 1 N–H and O–H groups in total. The van der Waals surface area contributed by atoms with Crippen LogP contribution in [0.3, 0.4) is 0 Å². The third-order valence-corrected chi connectivity index (χ3v) is 1.95. The Morgan fingerprint density at radius 2 is 2.14 bits per heavy atom. The molecule has 0 radical (unpaired) electrons. The van der Waals surface area contributed by atoms with Gasteiger partial charge in [-0.15, -0.1) is 0 Å².